The second-order valence-electron chi connectivity index (χ2n) is 7.49. The predicted molar refractivity (Wildman–Crippen MR) is 87.1 cm³/mol. The van der Waals surface area contributed by atoms with Gasteiger partial charge in [0.1, 0.15) is 6.10 Å². The van der Waals surface area contributed by atoms with Crippen molar-refractivity contribution < 1.29 is 9.53 Å². The van der Waals surface area contributed by atoms with Crippen molar-refractivity contribution in [2.75, 3.05) is 20.1 Å². The average Bonchev–Trinajstić information content (AvgIpc) is 2.43. The molecule has 1 saturated carbocycles. The van der Waals surface area contributed by atoms with Crippen LogP contribution < -0.4 is 5.73 Å². The smallest absolute Gasteiger partial charge is 0.251 e. The summed E-state index contributed by atoms with van der Waals surface area (Å²) in [6.07, 6.45) is 5.35. The van der Waals surface area contributed by atoms with Gasteiger partial charge in [0.05, 0.1) is 6.10 Å². The summed E-state index contributed by atoms with van der Waals surface area (Å²) in [5.74, 6) is 0.808. The normalized spacial score (nSPS) is 24.7. The van der Waals surface area contributed by atoms with E-state index in [1.165, 1.54) is 12.8 Å². The minimum Gasteiger partial charge on any atom is -0.365 e. The Bertz CT molecular complexity index is 331. The Hall–Kier alpha value is -0.610. The Kier molecular flexibility index (Phi) is 7.14. The molecule has 21 heavy (non-hydrogen) atoms. The van der Waals surface area contributed by atoms with E-state index in [0.717, 1.165) is 19.3 Å². The lowest BCUT2D eigenvalue weighted by atomic mass is 9.88. The molecule has 0 heterocycles. The Morgan fingerprint density at radius 3 is 2.62 bits per heavy atom. The molecule has 0 spiro atoms. The third kappa shape index (κ3) is 5.95. The largest absolute Gasteiger partial charge is 0.365 e. The van der Waals surface area contributed by atoms with Gasteiger partial charge in [-0.25, -0.2) is 0 Å². The average molecular weight is 298 g/mol. The first-order chi connectivity index (χ1) is 9.79. The van der Waals surface area contributed by atoms with Crippen LogP contribution in [-0.2, 0) is 9.53 Å². The number of likely N-dealkylation sites (N-methyl/N-ethyl adjacent to an activating group) is 1. The predicted octanol–water partition coefficient (Wildman–Crippen LogP) is 2.80. The summed E-state index contributed by atoms with van der Waals surface area (Å²) in [4.78, 5) is 14.4. The number of ether oxygens (including phenoxy) is 1. The zero-order valence-corrected chi connectivity index (χ0v) is 14.5. The van der Waals surface area contributed by atoms with E-state index in [9.17, 15) is 4.79 Å². The van der Waals surface area contributed by atoms with Crippen molar-refractivity contribution in [1.29, 1.82) is 0 Å². The summed E-state index contributed by atoms with van der Waals surface area (Å²) in [5.41, 5.74) is 5.71. The number of carbonyl (C=O) groups excluding carboxylic acids is 1. The van der Waals surface area contributed by atoms with Crippen LogP contribution in [0, 0.1) is 11.3 Å². The molecule has 2 N–H and O–H groups in total. The van der Waals surface area contributed by atoms with Crippen LogP contribution in [-0.4, -0.2) is 43.2 Å². The Morgan fingerprint density at radius 2 is 2.10 bits per heavy atom. The summed E-state index contributed by atoms with van der Waals surface area (Å²) in [6.45, 7) is 9.71. The van der Waals surface area contributed by atoms with Gasteiger partial charge < -0.3 is 15.4 Å². The van der Waals surface area contributed by atoms with Crippen LogP contribution >= 0.6 is 0 Å². The molecule has 0 saturated heterocycles. The van der Waals surface area contributed by atoms with Crippen LogP contribution in [0.5, 0.6) is 0 Å². The first-order valence-corrected chi connectivity index (χ1v) is 8.39. The van der Waals surface area contributed by atoms with Gasteiger partial charge in [0.25, 0.3) is 5.91 Å². The van der Waals surface area contributed by atoms with Crippen LogP contribution in [0.2, 0.25) is 0 Å². The van der Waals surface area contributed by atoms with Gasteiger partial charge in [0, 0.05) is 13.6 Å². The molecular formula is C17H34N2O2. The van der Waals surface area contributed by atoms with E-state index >= 15 is 0 Å². The van der Waals surface area contributed by atoms with Crippen molar-refractivity contribution >= 4 is 5.91 Å². The molecule has 4 heteroatoms. The van der Waals surface area contributed by atoms with E-state index in [1.807, 2.05) is 14.0 Å². The van der Waals surface area contributed by atoms with Gasteiger partial charge in [-0.15, -0.1) is 0 Å². The number of rotatable bonds is 7. The van der Waals surface area contributed by atoms with Crippen molar-refractivity contribution in [3.8, 4) is 0 Å². The van der Waals surface area contributed by atoms with Crippen LogP contribution in [0.15, 0.2) is 0 Å². The zero-order valence-electron chi connectivity index (χ0n) is 14.5. The molecule has 4 nitrogen and oxygen atoms in total. The highest BCUT2D eigenvalue weighted by Gasteiger charge is 2.29. The lowest BCUT2D eigenvalue weighted by Crippen LogP contribution is -2.45. The highest BCUT2D eigenvalue weighted by Crippen LogP contribution is 2.27. The molecule has 0 aromatic carbocycles. The molecule has 0 bridgehead atoms. The minimum absolute atomic E-state index is 0.0535. The fraction of sp³-hybridized carbons (Fsp3) is 0.941. The molecule has 1 aliphatic carbocycles. The molecule has 3 atom stereocenters. The van der Waals surface area contributed by atoms with Crippen molar-refractivity contribution in [3.05, 3.63) is 0 Å². The first-order valence-electron chi connectivity index (χ1n) is 8.39. The number of amides is 1. The van der Waals surface area contributed by atoms with E-state index < -0.39 is 0 Å². The summed E-state index contributed by atoms with van der Waals surface area (Å²) >= 11 is 0. The van der Waals surface area contributed by atoms with Gasteiger partial charge >= 0.3 is 0 Å². The second kappa shape index (κ2) is 8.14. The molecule has 0 aliphatic heterocycles. The molecule has 0 aromatic rings. The zero-order chi connectivity index (χ0) is 16.0. The van der Waals surface area contributed by atoms with Crippen LogP contribution in [0.4, 0.5) is 0 Å². The van der Waals surface area contributed by atoms with Crippen LogP contribution in [0.25, 0.3) is 0 Å². The van der Waals surface area contributed by atoms with Gasteiger partial charge in [-0.05, 0) is 37.1 Å². The van der Waals surface area contributed by atoms with Crippen molar-refractivity contribution in [3.63, 3.8) is 0 Å². The van der Waals surface area contributed by atoms with E-state index in [2.05, 4.69) is 20.8 Å². The minimum atomic E-state index is -0.307. The maximum Gasteiger partial charge on any atom is 0.251 e. The maximum absolute atomic E-state index is 12.6. The third-order valence-electron chi connectivity index (χ3n) is 4.49. The first kappa shape index (κ1) is 18.4. The molecular weight excluding hydrogens is 264 g/mol. The highest BCUT2D eigenvalue weighted by molar-refractivity contribution is 5.80. The van der Waals surface area contributed by atoms with Crippen molar-refractivity contribution in [2.45, 2.75) is 72.0 Å². The van der Waals surface area contributed by atoms with Crippen LogP contribution in [0.1, 0.15) is 59.8 Å². The van der Waals surface area contributed by atoms with Gasteiger partial charge in [-0.1, -0.05) is 40.5 Å². The van der Waals surface area contributed by atoms with E-state index in [4.69, 9.17) is 10.5 Å². The Labute approximate surface area is 130 Å². The fourth-order valence-corrected chi connectivity index (χ4v) is 3.09. The van der Waals surface area contributed by atoms with Crippen LogP contribution in [0.3, 0.4) is 0 Å². The summed E-state index contributed by atoms with van der Waals surface area (Å²) < 4.78 is 6.12. The standard InChI is InChI=1S/C17H34N2O2/c1-6-15(21-14-9-7-8-13(2)10-14)16(20)19(5)12-17(3,4)11-18/h13-15H,6-12,18H2,1-5H3. The van der Waals surface area contributed by atoms with Gasteiger partial charge in [-0.2, -0.15) is 0 Å². The quantitative estimate of drug-likeness (QED) is 0.786. The molecule has 0 aromatic heterocycles. The SMILES string of the molecule is CCC(OC1CCCC(C)C1)C(=O)N(C)CC(C)(C)CN. The Morgan fingerprint density at radius 1 is 1.43 bits per heavy atom. The van der Waals surface area contributed by atoms with E-state index in [0.29, 0.717) is 19.0 Å². The second-order valence-corrected chi connectivity index (χ2v) is 7.49. The molecule has 1 rings (SSSR count). The molecule has 3 unspecified atom stereocenters. The maximum atomic E-state index is 12.6. The van der Waals surface area contributed by atoms with Gasteiger partial charge in [-0.3, -0.25) is 4.79 Å². The summed E-state index contributed by atoms with van der Waals surface area (Å²) in [7, 11) is 1.86. The fourth-order valence-electron chi connectivity index (χ4n) is 3.09. The number of nitrogens with zero attached hydrogens (tertiary/aromatic N) is 1. The monoisotopic (exact) mass is 298 g/mol. The molecule has 1 amide bonds. The number of hydrogen-bond donors (Lipinski definition) is 1. The van der Waals surface area contributed by atoms with Gasteiger partial charge in [0.15, 0.2) is 0 Å². The van der Waals surface area contributed by atoms with E-state index in [1.54, 1.807) is 4.90 Å². The number of hydrogen-bond acceptors (Lipinski definition) is 3. The lowest BCUT2D eigenvalue weighted by Gasteiger charge is -2.34. The number of nitrogens with two attached hydrogens (primary N) is 1. The number of carbonyl (C=O) groups is 1. The van der Waals surface area contributed by atoms with Crippen molar-refractivity contribution in [1.82, 2.24) is 4.90 Å². The molecule has 1 aliphatic rings. The Balaban J connectivity index is 2.55. The van der Waals surface area contributed by atoms with E-state index in [-0.39, 0.29) is 23.5 Å². The molecule has 0 radical (unpaired) electrons. The molecule has 124 valence electrons. The summed E-state index contributed by atoms with van der Waals surface area (Å²) in [6, 6.07) is 0. The third-order valence-corrected chi connectivity index (χ3v) is 4.49. The highest BCUT2D eigenvalue weighted by atomic mass is 16.5. The van der Waals surface area contributed by atoms with Gasteiger partial charge in [0.2, 0.25) is 0 Å². The molecule has 1 fully saturated rings. The summed E-state index contributed by atoms with van der Waals surface area (Å²) in [5, 5.41) is 0. The topological polar surface area (TPSA) is 55.6 Å². The van der Waals surface area contributed by atoms with Crippen molar-refractivity contribution in [2.24, 2.45) is 17.1 Å². The lowest BCUT2D eigenvalue weighted by molar-refractivity contribution is -0.149.